The van der Waals surface area contributed by atoms with E-state index in [-0.39, 0.29) is 38.5 Å². The van der Waals surface area contributed by atoms with Crippen LogP contribution in [0, 0.1) is 0 Å². The van der Waals surface area contributed by atoms with Gasteiger partial charge in [0.15, 0.2) is 6.10 Å². The Bertz CT molecular complexity index is 951. The fraction of sp³-hybridized carbons (Fsp3) is 0.933. The molecule has 0 aliphatic rings. The highest BCUT2D eigenvalue weighted by atomic mass is 31.2. The molecule has 0 aromatic carbocycles. The van der Waals surface area contributed by atoms with Gasteiger partial charge in [0.05, 0.1) is 13.2 Å². The van der Waals surface area contributed by atoms with Gasteiger partial charge in [-0.25, -0.2) is 4.57 Å². The van der Waals surface area contributed by atoms with Crippen LogP contribution in [0.25, 0.3) is 0 Å². The zero-order chi connectivity index (χ0) is 41.2. The molecular weight excluding hydrogens is 729 g/mol. The average molecular weight is 818 g/mol. The standard InChI is InChI=1S/C45H88NO9P/c1-4-7-10-13-16-19-20-21-22-25-26-29-32-35-43(47)46-38-39-53-56(50,51)54-41-42(55-45(49)37-34-31-28-24-18-15-12-9-6-3)40-52-44(48)36-33-30-27-23-17-14-11-8-5-2/h42H,4-41H2,1-3H3,(H,46,47)(H,50,51)/t42-/m1/s1. The van der Waals surface area contributed by atoms with Gasteiger partial charge in [0.2, 0.25) is 5.91 Å². The molecule has 2 atom stereocenters. The molecule has 56 heavy (non-hydrogen) atoms. The summed E-state index contributed by atoms with van der Waals surface area (Å²) in [4.78, 5) is 47.6. The van der Waals surface area contributed by atoms with Crippen molar-refractivity contribution in [1.29, 1.82) is 0 Å². The Morgan fingerprint density at radius 2 is 0.839 bits per heavy atom. The van der Waals surface area contributed by atoms with Gasteiger partial charge >= 0.3 is 19.8 Å². The number of hydrogen-bond donors (Lipinski definition) is 2. The number of carbonyl (C=O) groups is 3. The second kappa shape index (κ2) is 41.7. The Morgan fingerprint density at radius 3 is 1.25 bits per heavy atom. The van der Waals surface area contributed by atoms with E-state index >= 15 is 0 Å². The topological polar surface area (TPSA) is 137 Å². The summed E-state index contributed by atoms with van der Waals surface area (Å²) in [5.41, 5.74) is 0. The molecule has 0 heterocycles. The van der Waals surface area contributed by atoms with Crippen molar-refractivity contribution in [3.8, 4) is 0 Å². The monoisotopic (exact) mass is 818 g/mol. The molecule has 0 saturated carbocycles. The third kappa shape index (κ3) is 40.7. The van der Waals surface area contributed by atoms with Crippen LogP contribution in [0.5, 0.6) is 0 Å². The minimum atomic E-state index is -4.51. The highest BCUT2D eigenvalue weighted by molar-refractivity contribution is 7.47. The number of phosphoric ester groups is 1. The molecule has 2 N–H and O–H groups in total. The molecule has 0 aliphatic heterocycles. The summed E-state index contributed by atoms with van der Waals surface area (Å²) < 4.78 is 33.7. The number of amides is 1. The summed E-state index contributed by atoms with van der Waals surface area (Å²) in [6, 6.07) is 0. The Labute approximate surface area is 344 Å². The lowest BCUT2D eigenvalue weighted by Gasteiger charge is -2.20. The minimum Gasteiger partial charge on any atom is -0.462 e. The normalized spacial score (nSPS) is 13.0. The van der Waals surface area contributed by atoms with Crippen molar-refractivity contribution in [2.75, 3.05) is 26.4 Å². The third-order valence-electron chi connectivity index (χ3n) is 10.3. The molecule has 1 amide bonds. The van der Waals surface area contributed by atoms with Crippen LogP contribution in [0.4, 0.5) is 0 Å². The van der Waals surface area contributed by atoms with Crippen molar-refractivity contribution in [2.24, 2.45) is 0 Å². The van der Waals surface area contributed by atoms with E-state index in [0.29, 0.717) is 12.8 Å². The van der Waals surface area contributed by atoms with E-state index in [0.717, 1.165) is 57.8 Å². The number of ether oxygens (including phenoxy) is 2. The lowest BCUT2D eigenvalue weighted by atomic mass is 10.0. The summed E-state index contributed by atoms with van der Waals surface area (Å²) in [6.07, 6.45) is 36.3. The first-order valence-corrected chi connectivity index (χ1v) is 25.0. The van der Waals surface area contributed by atoms with Crippen LogP contribution in [0.3, 0.4) is 0 Å². The van der Waals surface area contributed by atoms with Crippen molar-refractivity contribution in [1.82, 2.24) is 5.32 Å². The fourth-order valence-corrected chi connectivity index (χ4v) is 7.49. The maximum absolute atomic E-state index is 12.6. The van der Waals surface area contributed by atoms with Gasteiger partial charge < -0.3 is 19.7 Å². The summed E-state index contributed by atoms with van der Waals surface area (Å²) in [5.74, 6) is -0.976. The molecule has 0 aromatic rings. The quantitative estimate of drug-likeness (QED) is 0.0349. The van der Waals surface area contributed by atoms with Crippen LogP contribution in [0.2, 0.25) is 0 Å². The smallest absolute Gasteiger partial charge is 0.462 e. The van der Waals surface area contributed by atoms with Crippen molar-refractivity contribution in [3.05, 3.63) is 0 Å². The molecule has 10 nitrogen and oxygen atoms in total. The Kier molecular flexibility index (Phi) is 40.6. The van der Waals surface area contributed by atoms with Gasteiger partial charge in [-0.1, -0.05) is 201 Å². The van der Waals surface area contributed by atoms with E-state index in [4.69, 9.17) is 18.5 Å². The number of phosphoric acid groups is 1. The van der Waals surface area contributed by atoms with Crippen molar-refractivity contribution < 1.29 is 42.4 Å². The summed E-state index contributed by atoms with van der Waals surface area (Å²) >= 11 is 0. The first-order valence-electron chi connectivity index (χ1n) is 23.5. The molecule has 11 heteroatoms. The lowest BCUT2D eigenvalue weighted by Crippen LogP contribution is -2.30. The number of nitrogens with one attached hydrogen (secondary N) is 1. The van der Waals surface area contributed by atoms with Gasteiger partial charge in [-0.15, -0.1) is 0 Å². The zero-order valence-electron chi connectivity index (χ0n) is 36.6. The Morgan fingerprint density at radius 1 is 0.482 bits per heavy atom. The zero-order valence-corrected chi connectivity index (χ0v) is 37.5. The number of unbranched alkanes of at least 4 members (excludes halogenated alkanes) is 28. The van der Waals surface area contributed by atoms with Crippen LogP contribution in [0.15, 0.2) is 0 Å². The molecule has 1 unspecified atom stereocenters. The predicted octanol–water partition coefficient (Wildman–Crippen LogP) is 13.0. The number of esters is 2. The molecule has 0 radical (unpaired) electrons. The lowest BCUT2D eigenvalue weighted by molar-refractivity contribution is -0.161. The molecule has 0 bridgehead atoms. The molecule has 0 fully saturated rings. The highest BCUT2D eigenvalue weighted by Gasteiger charge is 2.26. The van der Waals surface area contributed by atoms with Crippen LogP contribution >= 0.6 is 7.82 Å². The molecule has 332 valence electrons. The minimum absolute atomic E-state index is 0.0683. The van der Waals surface area contributed by atoms with Crippen LogP contribution < -0.4 is 5.32 Å². The van der Waals surface area contributed by atoms with Gasteiger partial charge in [-0.2, -0.15) is 0 Å². The van der Waals surface area contributed by atoms with E-state index in [1.165, 1.54) is 135 Å². The molecule has 0 spiro atoms. The van der Waals surface area contributed by atoms with Crippen LogP contribution in [-0.2, 0) is 37.5 Å². The van der Waals surface area contributed by atoms with E-state index in [2.05, 4.69) is 26.1 Å². The number of rotatable bonds is 44. The first kappa shape index (κ1) is 54.5. The van der Waals surface area contributed by atoms with E-state index < -0.39 is 32.5 Å². The molecule has 0 rings (SSSR count). The second-order valence-corrected chi connectivity index (χ2v) is 17.3. The van der Waals surface area contributed by atoms with E-state index in [1.54, 1.807) is 0 Å². The first-order chi connectivity index (χ1) is 27.2. The van der Waals surface area contributed by atoms with Gasteiger partial charge in [0.1, 0.15) is 6.61 Å². The maximum Gasteiger partial charge on any atom is 0.472 e. The average Bonchev–Trinajstić information content (AvgIpc) is 3.18. The van der Waals surface area contributed by atoms with Crippen LogP contribution in [-0.4, -0.2) is 55.2 Å². The summed E-state index contributed by atoms with van der Waals surface area (Å²) in [7, 11) is -4.51. The van der Waals surface area contributed by atoms with Crippen molar-refractivity contribution in [3.63, 3.8) is 0 Å². The maximum atomic E-state index is 12.6. The third-order valence-corrected chi connectivity index (χ3v) is 11.3. The van der Waals surface area contributed by atoms with Gasteiger partial charge in [-0.05, 0) is 19.3 Å². The van der Waals surface area contributed by atoms with E-state index in [1.807, 2.05) is 0 Å². The van der Waals surface area contributed by atoms with Gasteiger partial charge in [-0.3, -0.25) is 23.4 Å². The van der Waals surface area contributed by atoms with Gasteiger partial charge in [0, 0.05) is 25.8 Å². The van der Waals surface area contributed by atoms with Crippen molar-refractivity contribution >= 4 is 25.7 Å². The Hall–Kier alpha value is -1.48. The Balaban J connectivity index is 4.42. The number of hydrogen-bond acceptors (Lipinski definition) is 8. The number of carbonyl (C=O) groups excluding carboxylic acids is 3. The molecule has 0 saturated heterocycles. The summed E-state index contributed by atoms with van der Waals surface area (Å²) in [5, 5.41) is 2.73. The molecule has 0 aromatic heterocycles. The summed E-state index contributed by atoms with van der Waals surface area (Å²) in [6.45, 7) is 5.79. The van der Waals surface area contributed by atoms with Crippen LogP contribution in [0.1, 0.15) is 239 Å². The molecule has 0 aliphatic carbocycles. The van der Waals surface area contributed by atoms with Gasteiger partial charge in [0.25, 0.3) is 0 Å². The fourth-order valence-electron chi connectivity index (χ4n) is 6.74. The van der Waals surface area contributed by atoms with Crippen molar-refractivity contribution in [2.45, 2.75) is 245 Å². The predicted molar refractivity (Wildman–Crippen MR) is 230 cm³/mol. The second-order valence-electron chi connectivity index (χ2n) is 15.9. The van der Waals surface area contributed by atoms with E-state index in [9.17, 15) is 23.8 Å². The largest absolute Gasteiger partial charge is 0.472 e. The highest BCUT2D eigenvalue weighted by Crippen LogP contribution is 2.43. The molecular formula is C45H88NO9P. The SMILES string of the molecule is CCCCCCCCCCCCCCCC(=O)NCCOP(=O)(O)OC[C@@H](COC(=O)CCCCCCCCCCC)OC(=O)CCCCCCCCCCC.